The van der Waals surface area contributed by atoms with Crippen LogP contribution in [0.5, 0.6) is 0 Å². The van der Waals surface area contributed by atoms with E-state index in [9.17, 15) is 13.2 Å². The normalized spacial score (nSPS) is 12.6. The van der Waals surface area contributed by atoms with Crippen molar-refractivity contribution in [2.45, 2.75) is 26.1 Å². The van der Waals surface area contributed by atoms with Crippen LogP contribution < -0.4 is 0 Å². The minimum absolute atomic E-state index is 0.289. The number of hydrogen-bond acceptors (Lipinski definition) is 4. The Kier molecular flexibility index (Phi) is 4.08. The highest BCUT2D eigenvalue weighted by molar-refractivity contribution is 7.85. The Balaban J connectivity index is 3.92. The van der Waals surface area contributed by atoms with Crippen LogP contribution in [-0.4, -0.2) is 33.0 Å². The first kappa shape index (κ1) is 12.6. The lowest BCUT2D eigenvalue weighted by Gasteiger charge is -2.16. The molecule has 0 aliphatic carbocycles. The van der Waals surface area contributed by atoms with Crippen molar-refractivity contribution in [3.8, 4) is 0 Å². The molecule has 78 valence electrons. The number of rotatable bonds is 4. The Morgan fingerprint density at radius 2 is 1.85 bits per heavy atom. The molecule has 7 heteroatoms. The first-order chi connectivity index (χ1) is 5.60. The van der Waals surface area contributed by atoms with Gasteiger partial charge in [0.2, 0.25) is 8.32 Å². The van der Waals surface area contributed by atoms with Gasteiger partial charge in [0.05, 0.1) is 12.2 Å². The number of carbonyl (C=O) groups excluding carboxylic acids is 1. The number of carbonyl (C=O) groups is 1. The first-order valence-corrected chi connectivity index (χ1v) is 8.79. The second-order valence-corrected chi connectivity index (χ2v) is 9.62. The molecule has 0 atom stereocenters. The Bertz CT molecular complexity index is 276. The molecule has 0 spiro atoms. The molecule has 0 fully saturated rings. The van der Waals surface area contributed by atoms with Crippen LogP contribution in [0.2, 0.25) is 19.6 Å². The molecule has 0 rings (SSSR count). The standard InChI is InChI=1S/C6H14O5SSi/c1-13(2,3)11-6(7)4-5-12(8,9)10/h4-5H2,1-3H3,(H,8,9,10). The lowest BCUT2D eigenvalue weighted by molar-refractivity contribution is -0.134. The van der Waals surface area contributed by atoms with E-state index >= 15 is 0 Å². The second-order valence-electron chi connectivity index (χ2n) is 3.62. The summed E-state index contributed by atoms with van der Waals surface area (Å²) in [4.78, 5) is 10.9. The Morgan fingerprint density at radius 1 is 1.38 bits per heavy atom. The predicted octanol–water partition coefficient (Wildman–Crippen LogP) is 0.642. The number of hydrogen-bond donors (Lipinski definition) is 1. The monoisotopic (exact) mass is 226 g/mol. The minimum Gasteiger partial charge on any atom is -0.520 e. The summed E-state index contributed by atoms with van der Waals surface area (Å²) in [5.41, 5.74) is 0. The van der Waals surface area contributed by atoms with Crippen LogP contribution in [0.4, 0.5) is 0 Å². The van der Waals surface area contributed by atoms with Gasteiger partial charge < -0.3 is 4.43 Å². The molecular weight excluding hydrogens is 212 g/mol. The van der Waals surface area contributed by atoms with Gasteiger partial charge in [-0.3, -0.25) is 9.35 Å². The van der Waals surface area contributed by atoms with Crippen LogP contribution in [0.3, 0.4) is 0 Å². The van der Waals surface area contributed by atoms with Crippen molar-refractivity contribution >= 4 is 24.4 Å². The summed E-state index contributed by atoms with van der Waals surface area (Å²) in [7, 11) is -6.00. The SMILES string of the molecule is C[Si](C)(C)OC(=O)CCS(=O)(=O)O. The molecule has 13 heavy (non-hydrogen) atoms. The van der Waals surface area contributed by atoms with E-state index in [-0.39, 0.29) is 6.42 Å². The third kappa shape index (κ3) is 9.51. The topological polar surface area (TPSA) is 80.7 Å². The maximum absolute atomic E-state index is 10.9. The van der Waals surface area contributed by atoms with E-state index in [1.165, 1.54) is 0 Å². The van der Waals surface area contributed by atoms with Gasteiger partial charge in [-0.25, -0.2) is 0 Å². The van der Waals surface area contributed by atoms with Crippen molar-refractivity contribution in [1.82, 2.24) is 0 Å². The first-order valence-electron chi connectivity index (χ1n) is 3.77. The zero-order valence-corrected chi connectivity index (χ0v) is 9.72. The quantitative estimate of drug-likeness (QED) is 0.562. The Morgan fingerprint density at radius 3 is 2.15 bits per heavy atom. The van der Waals surface area contributed by atoms with Gasteiger partial charge in [0, 0.05) is 0 Å². The maximum Gasteiger partial charge on any atom is 0.293 e. The fourth-order valence-corrected chi connectivity index (χ4v) is 1.81. The molecule has 0 amide bonds. The summed E-state index contributed by atoms with van der Waals surface area (Å²) in [5.74, 6) is -1.15. The van der Waals surface area contributed by atoms with Crippen molar-refractivity contribution in [1.29, 1.82) is 0 Å². The van der Waals surface area contributed by atoms with Crippen LogP contribution in [0.25, 0.3) is 0 Å². The van der Waals surface area contributed by atoms with Gasteiger partial charge in [0.15, 0.2) is 0 Å². The van der Waals surface area contributed by atoms with Crippen molar-refractivity contribution in [2.24, 2.45) is 0 Å². The van der Waals surface area contributed by atoms with Crippen molar-refractivity contribution in [3.63, 3.8) is 0 Å². The van der Waals surface area contributed by atoms with Gasteiger partial charge in [-0.05, 0) is 19.6 Å². The Labute approximate surface area is 79.0 Å². The van der Waals surface area contributed by atoms with Crippen LogP contribution in [0, 0.1) is 0 Å². The summed E-state index contributed by atoms with van der Waals surface area (Å²) in [6.07, 6.45) is -0.289. The van der Waals surface area contributed by atoms with Crippen LogP contribution in [-0.2, 0) is 19.3 Å². The molecule has 0 bridgehead atoms. The molecule has 0 aromatic rings. The van der Waals surface area contributed by atoms with Gasteiger partial charge >= 0.3 is 0 Å². The fraction of sp³-hybridized carbons (Fsp3) is 0.833. The van der Waals surface area contributed by atoms with Crippen molar-refractivity contribution < 1.29 is 22.2 Å². The van der Waals surface area contributed by atoms with Crippen LogP contribution in [0.1, 0.15) is 6.42 Å². The zero-order chi connectivity index (χ0) is 10.7. The third-order valence-electron chi connectivity index (χ3n) is 0.984. The molecule has 0 saturated carbocycles. The molecule has 0 aromatic heterocycles. The highest BCUT2D eigenvalue weighted by atomic mass is 32.2. The molecule has 5 nitrogen and oxygen atoms in total. The molecule has 0 radical (unpaired) electrons. The Hall–Kier alpha value is -0.403. The van der Waals surface area contributed by atoms with Crippen LogP contribution in [0.15, 0.2) is 0 Å². The minimum atomic E-state index is -4.06. The summed E-state index contributed by atoms with van der Waals surface area (Å²) in [5, 5.41) is 0. The summed E-state index contributed by atoms with van der Waals surface area (Å²) in [6.45, 7) is 5.45. The van der Waals surface area contributed by atoms with Crippen molar-refractivity contribution in [2.75, 3.05) is 5.75 Å². The average Bonchev–Trinajstić information content (AvgIpc) is 1.78. The summed E-state index contributed by atoms with van der Waals surface area (Å²) < 4.78 is 33.8. The molecule has 0 aromatic carbocycles. The van der Waals surface area contributed by atoms with E-state index in [1.807, 2.05) is 19.6 Å². The van der Waals surface area contributed by atoms with E-state index in [1.54, 1.807) is 0 Å². The third-order valence-corrected chi connectivity index (χ3v) is 2.54. The molecule has 0 saturated heterocycles. The molecule has 1 N–H and O–H groups in total. The van der Waals surface area contributed by atoms with E-state index in [0.717, 1.165) is 0 Å². The highest BCUT2D eigenvalue weighted by Gasteiger charge is 2.20. The lowest BCUT2D eigenvalue weighted by Crippen LogP contribution is -2.30. The zero-order valence-electron chi connectivity index (χ0n) is 7.90. The predicted molar refractivity (Wildman–Crippen MR) is 50.5 cm³/mol. The van der Waals surface area contributed by atoms with Crippen molar-refractivity contribution in [3.05, 3.63) is 0 Å². The van der Waals surface area contributed by atoms with E-state index in [0.29, 0.717) is 0 Å². The average molecular weight is 226 g/mol. The molecule has 0 unspecified atom stereocenters. The van der Waals surface area contributed by atoms with Crippen LogP contribution >= 0.6 is 0 Å². The van der Waals surface area contributed by atoms with Gasteiger partial charge in [-0.2, -0.15) is 8.42 Å². The molecule has 0 heterocycles. The van der Waals surface area contributed by atoms with E-state index in [4.69, 9.17) is 8.98 Å². The maximum atomic E-state index is 10.9. The largest absolute Gasteiger partial charge is 0.520 e. The second kappa shape index (κ2) is 4.21. The lowest BCUT2D eigenvalue weighted by atomic mass is 10.5. The van der Waals surface area contributed by atoms with Gasteiger partial charge in [0.25, 0.3) is 16.1 Å². The molecule has 0 aliphatic rings. The van der Waals surface area contributed by atoms with Gasteiger partial charge in [-0.1, -0.05) is 0 Å². The van der Waals surface area contributed by atoms with E-state index < -0.39 is 30.2 Å². The van der Waals surface area contributed by atoms with Gasteiger partial charge in [-0.15, -0.1) is 0 Å². The smallest absolute Gasteiger partial charge is 0.293 e. The summed E-state index contributed by atoms with van der Waals surface area (Å²) in [6, 6.07) is 0. The molecular formula is C6H14O5SSi. The fourth-order valence-electron chi connectivity index (χ4n) is 0.605. The van der Waals surface area contributed by atoms with Gasteiger partial charge in [0.1, 0.15) is 0 Å². The highest BCUT2D eigenvalue weighted by Crippen LogP contribution is 2.04. The molecule has 0 aliphatic heterocycles. The summed E-state index contributed by atoms with van der Waals surface area (Å²) >= 11 is 0. The van der Waals surface area contributed by atoms with E-state index in [2.05, 4.69) is 0 Å².